The first-order valence-corrected chi connectivity index (χ1v) is 5.45. The molecule has 0 amide bonds. The molecule has 0 heterocycles. The van der Waals surface area contributed by atoms with Crippen molar-refractivity contribution in [2.75, 3.05) is 5.73 Å². The summed E-state index contributed by atoms with van der Waals surface area (Å²) in [5, 5.41) is 22.6. The van der Waals surface area contributed by atoms with Gasteiger partial charge in [-0.15, -0.1) is 0 Å². The molecule has 0 aliphatic carbocycles. The van der Waals surface area contributed by atoms with Crippen LogP contribution in [0, 0.1) is 34.1 Å². The van der Waals surface area contributed by atoms with Gasteiger partial charge >= 0.3 is 0 Å². The summed E-state index contributed by atoms with van der Waals surface area (Å²) in [5.41, 5.74) is 6.68. The zero-order chi connectivity index (χ0) is 14.3. The van der Waals surface area contributed by atoms with Gasteiger partial charge in [-0.1, -0.05) is 0 Å². The van der Waals surface area contributed by atoms with Gasteiger partial charge in [0.2, 0.25) is 0 Å². The number of benzene rings is 2. The highest BCUT2D eigenvalue weighted by Crippen LogP contribution is 2.38. The minimum absolute atomic E-state index is 0.0475. The smallest absolute Gasteiger partial charge is 0.299 e. The Balaban J connectivity index is 3.00. The van der Waals surface area contributed by atoms with Crippen LogP contribution in [0.5, 0.6) is 0 Å². The molecule has 2 aromatic rings. The molecule has 19 heavy (non-hydrogen) atoms. The SMILES string of the molecule is Cc1cc2c([N+](=O)[O-])cc([N+](=O)[O-])c(N)c2cc1C. The Bertz CT molecular complexity index is 725. The maximum absolute atomic E-state index is 11.0. The number of hydrogen-bond acceptors (Lipinski definition) is 5. The van der Waals surface area contributed by atoms with Gasteiger partial charge in [0.25, 0.3) is 11.4 Å². The van der Waals surface area contributed by atoms with E-state index in [2.05, 4.69) is 0 Å². The van der Waals surface area contributed by atoms with Crippen molar-refractivity contribution in [3.05, 3.63) is 49.6 Å². The van der Waals surface area contributed by atoms with E-state index >= 15 is 0 Å². The van der Waals surface area contributed by atoms with Gasteiger partial charge in [0.15, 0.2) is 0 Å². The second kappa shape index (κ2) is 4.20. The number of hydrogen-bond donors (Lipinski definition) is 1. The van der Waals surface area contributed by atoms with Gasteiger partial charge in [-0.05, 0) is 37.1 Å². The van der Waals surface area contributed by atoms with E-state index in [9.17, 15) is 20.2 Å². The molecule has 98 valence electrons. The van der Waals surface area contributed by atoms with Crippen molar-refractivity contribution in [3.8, 4) is 0 Å². The minimum atomic E-state index is -0.711. The number of anilines is 1. The highest BCUT2D eigenvalue weighted by Gasteiger charge is 2.24. The van der Waals surface area contributed by atoms with Crippen molar-refractivity contribution in [1.29, 1.82) is 0 Å². The molecule has 0 bridgehead atoms. The minimum Gasteiger partial charge on any atom is -0.393 e. The van der Waals surface area contributed by atoms with Crippen LogP contribution in [-0.4, -0.2) is 9.85 Å². The Hall–Kier alpha value is -2.70. The molecule has 0 saturated carbocycles. The number of nitro groups is 2. The van der Waals surface area contributed by atoms with Gasteiger partial charge in [-0.25, -0.2) is 0 Å². The van der Waals surface area contributed by atoms with E-state index in [1.807, 2.05) is 13.8 Å². The average molecular weight is 261 g/mol. The third kappa shape index (κ3) is 1.95. The van der Waals surface area contributed by atoms with E-state index in [-0.39, 0.29) is 11.4 Å². The maximum atomic E-state index is 11.0. The van der Waals surface area contributed by atoms with Crippen molar-refractivity contribution in [2.45, 2.75) is 13.8 Å². The number of rotatable bonds is 2. The summed E-state index contributed by atoms with van der Waals surface area (Å²) in [6.07, 6.45) is 0. The van der Waals surface area contributed by atoms with E-state index < -0.39 is 15.5 Å². The van der Waals surface area contributed by atoms with Crippen LogP contribution >= 0.6 is 0 Å². The van der Waals surface area contributed by atoms with Crippen molar-refractivity contribution >= 4 is 27.8 Å². The van der Waals surface area contributed by atoms with E-state index in [4.69, 9.17) is 5.73 Å². The third-order valence-corrected chi connectivity index (χ3v) is 3.14. The lowest BCUT2D eigenvalue weighted by Crippen LogP contribution is -2.00. The molecule has 0 atom stereocenters. The van der Waals surface area contributed by atoms with Gasteiger partial charge in [0.1, 0.15) is 5.69 Å². The Kier molecular flexibility index (Phi) is 2.82. The second-order valence-corrected chi connectivity index (χ2v) is 4.32. The van der Waals surface area contributed by atoms with Crippen LogP contribution in [0.2, 0.25) is 0 Å². The van der Waals surface area contributed by atoms with Crippen molar-refractivity contribution in [1.82, 2.24) is 0 Å². The lowest BCUT2D eigenvalue weighted by molar-refractivity contribution is -0.392. The molecule has 2 N–H and O–H groups in total. The molecule has 0 unspecified atom stereocenters. The highest BCUT2D eigenvalue weighted by molar-refractivity contribution is 6.03. The van der Waals surface area contributed by atoms with Gasteiger partial charge in [-0.2, -0.15) is 0 Å². The zero-order valence-corrected chi connectivity index (χ0v) is 10.3. The van der Waals surface area contributed by atoms with Crippen molar-refractivity contribution < 1.29 is 9.85 Å². The number of nitrogens with zero attached hydrogens (tertiary/aromatic N) is 2. The first kappa shape index (κ1) is 12.7. The molecular formula is C12H11N3O4. The standard InChI is InChI=1S/C12H11N3O4/c1-6-3-8-9(4-7(6)2)12(13)11(15(18)19)5-10(8)14(16)17/h3-5H,13H2,1-2H3. The summed E-state index contributed by atoms with van der Waals surface area (Å²) >= 11 is 0. The molecule has 0 fully saturated rings. The number of fused-ring (bicyclic) bond motifs is 1. The molecule has 0 aliphatic rings. The Morgan fingerprint density at radius 1 is 0.895 bits per heavy atom. The van der Waals surface area contributed by atoms with Crippen LogP contribution in [0.3, 0.4) is 0 Å². The van der Waals surface area contributed by atoms with Crippen LogP contribution in [0.25, 0.3) is 10.8 Å². The number of nitro benzene ring substituents is 2. The van der Waals surface area contributed by atoms with E-state index in [1.165, 1.54) is 0 Å². The van der Waals surface area contributed by atoms with Crippen LogP contribution in [0.4, 0.5) is 17.1 Å². The summed E-state index contributed by atoms with van der Waals surface area (Å²) in [4.78, 5) is 20.6. The van der Waals surface area contributed by atoms with Crippen LogP contribution in [-0.2, 0) is 0 Å². The van der Waals surface area contributed by atoms with Gasteiger partial charge in [0.05, 0.1) is 21.3 Å². The molecule has 0 aliphatic heterocycles. The molecule has 0 radical (unpaired) electrons. The van der Waals surface area contributed by atoms with Gasteiger partial charge in [-0.3, -0.25) is 20.2 Å². The number of non-ortho nitro benzene ring substituents is 1. The second-order valence-electron chi connectivity index (χ2n) is 4.32. The fourth-order valence-corrected chi connectivity index (χ4v) is 1.98. The first-order valence-electron chi connectivity index (χ1n) is 5.45. The van der Waals surface area contributed by atoms with E-state index in [0.29, 0.717) is 10.8 Å². The molecule has 0 spiro atoms. The number of nitrogens with two attached hydrogens (primary N) is 1. The van der Waals surface area contributed by atoms with E-state index in [0.717, 1.165) is 17.2 Å². The Morgan fingerprint density at radius 3 is 1.84 bits per heavy atom. The molecule has 7 heteroatoms. The van der Waals surface area contributed by atoms with Crippen LogP contribution in [0.15, 0.2) is 18.2 Å². The predicted octanol–water partition coefficient (Wildman–Crippen LogP) is 2.86. The quantitative estimate of drug-likeness (QED) is 0.507. The molecular weight excluding hydrogens is 250 g/mol. The topological polar surface area (TPSA) is 112 Å². The van der Waals surface area contributed by atoms with Crippen LogP contribution < -0.4 is 5.73 Å². The Labute approximate surface area is 107 Å². The summed E-state index contributed by atoms with van der Waals surface area (Å²) in [6.45, 7) is 3.63. The van der Waals surface area contributed by atoms with Crippen molar-refractivity contribution in [2.24, 2.45) is 0 Å². The van der Waals surface area contributed by atoms with Crippen LogP contribution in [0.1, 0.15) is 11.1 Å². The molecule has 2 aromatic carbocycles. The predicted molar refractivity (Wildman–Crippen MR) is 71.1 cm³/mol. The first-order chi connectivity index (χ1) is 8.82. The fraction of sp³-hybridized carbons (Fsp3) is 0.167. The Morgan fingerprint density at radius 2 is 1.37 bits per heavy atom. The number of nitrogen functional groups attached to an aromatic ring is 1. The lowest BCUT2D eigenvalue weighted by Gasteiger charge is -2.07. The van der Waals surface area contributed by atoms with Gasteiger partial charge in [0, 0.05) is 5.39 Å². The fourth-order valence-electron chi connectivity index (χ4n) is 1.98. The summed E-state index contributed by atoms with van der Waals surface area (Å²) in [7, 11) is 0. The molecule has 7 nitrogen and oxygen atoms in total. The number of aryl methyl sites for hydroxylation is 2. The highest BCUT2D eigenvalue weighted by atomic mass is 16.6. The largest absolute Gasteiger partial charge is 0.393 e. The zero-order valence-electron chi connectivity index (χ0n) is 10.3. The third-order valence-electron chi connectivity index (χ3n) is 3.14. The summed E-state index contributed by atoms with van der Waals surface area (Å²) < 4.78 is 0. The average Bonchev–Trinajstić information content (AvgIpc) is 2.31. The monoisotopic (exact) mass is 261 g/mol. The maximum Gasteiger partial charge on any atom is 0.299 e. The summed E-state index contributed by atoms with van der Waals surface area (Å²) in [6, 6.07) is 4.18. The normalized spacial score (nSPS) is 10.6. The lowest BCUT2D eigenvalue weighted by atomic mass is 9.99. The summed E-state index contributed by atoms with van der Waals surface area (Å²) in [5.74, 6) is 0. The van der Waals surface area contributed by atoms with E-state index in [1.54, 1.807) is 12.1 Å². The molecule has 0 aromatic heterocycles. The van der Waals surface area contributed by atoms with Crippen molar-refractivity contribution in [3.63, 3.8) is 0 Å². The molecule has 2 rings (SSSR count). The van der Waals surface area contributed by atoms with Gasteiger partial charge < -0.3 is 5.73 Å². The molecule has 0 saturated heterocycles.